The van der Waals surface area contributed by atoms with Crippen molar-refractivity contribution in [1.82, 2.24) is 0 Å². The van der Waals surface area contributed by atoms with E-state index in [1.807, 2.05) is 19.9 Å². The highest BCUT2D eigenvalue weighted by Gasteiger charge is 2.16. The van der Waals surface area contributed by atoms with E-state index in [2.05, 4.69) is 10.2 Å². The molecule has 1 aliphatic heterocycles. The number of benzene rings is 2. The molecule has 0 saturated carbocycles. The van der Waals surface area contributed by atoms with Gasteiger partial charge in [0.2, 0.25) is 0 Å². The van der Waals surface area contributed by atoms with Gasteiger partial charge < -0.3 is 15.0 Å². The van der Waals surface area contributed by atoms with Gasteiger partial charge in [-0.05, 0) is 69.0 Å². The van der Waals surface area contributed by atoms with Gasteiger partial charge >= 0.3 is 0 Å². The summed E-state index contributed by atoms with van der Waals surface area (Å²) in [6.07, 6.45) is 4.35. The van der Waals surface area contributed by atoms with E-state index < -0.39 is 0 Å². The van der Waals surface area contributed by atoms with Crippen molar-refractivity contribution in [3.05, 3.63) is 53.8 Å². The Morgan fingerprint density at radius 1 is 1.19 bits per heavy atom. The lowest BCUT2D eigenvalue weighted by atomic mass is 10.1. The van der Waals surface area contributed by atoms with Crippen molar-refractivity contribution in [2.75, 3.05) is 23.3 Å². The topological polar surface area (TPSA) is 41.6 Å². The van der Waals surface area contributed by atoms with Crippen molar-refractivity contribution >= 4 is 17.3 Å². The molecule has 27 heavy (non-hydrogen) atoms. The van der Waals surface area contributed by atoms with E-state index in [-0.39, 0.29) is 17.8 Å². The van der Waals surface area contributed by atoms with Gasteiger partial charge in [0, 0.05) is 24.3 Å². The molecule has 1 saturated heterocycles. The first-order valence-corrected chi connectivity index (χ1v) is 9.69. The highest BCUT2D eigenvalue weighted by molar-refractivity contribution is 6.04. The number of piperidine rings is 1. The van der Waals surface area contributed by atoms with Gasteiger partial charge in [0.25, 0.3) is 5.91 Å². The molecule has 1 heterocycles. The lowest BCUT2D eigenvalue weighted by Crippen LogP contribution is -2.30. The van der Waals surface area contributed by atoms with Crippen LogP contribution in [0, 0.1) is 5.82 Å². The Bertz CT molecular complexity index is 788. The van der Waals surface area contributed by atoms with E-state index in [0.29, 0.717) is 22.7 Å². The highest BCUT2D eigenvalue weighted by atomic mass is 19.1. The van der Waals surface area contributed by atoms with Crippen LogP contribution in [0.3, 0.4) is 0 Å². The van der Waals surface area contributed by atoms with Crippen LogP contribution in [0.5, 0.6) is 5.75 Å². The van der Waals surface area contributed by atoms with E-state index in [9.17, 15) is 9.18 Å². The van der Waals surface area contributed by atoms with Crippen LogP contribution >= 0.6 is 0 Å². The number of nitrogens with one attached hydrogen (secondary N) is 1. The minimum absolute atomic E-state index is 0.0831. The van der Waals surface area contributed by atoms with E-state index >= 15 is 0 Å². The number of hydrogen-bond donors (Lipinski definition) is 1. The lowest BCUT2D eigenvalue weighted by Gasteiger charge is -2.29. The molecule has 0 unspecified atom stereocenters. The quantitative estimate of drug-likeness (QED) is 0.755. The Balaban J connectivity index is 1.69. The molecule has 0 spiro atoms. The second-order valence-electron chi connectivity index (χ2n) is 7.03. The molecule has 0 aromatic heterocycles. The predicted octanol–water partition coefficient (Wildman–Crippen LogP) is 5.25. The summed E-state index contributed by atoms with van der Waals surface area (Å²) >= 11 is 0. The van der Waals surface area contributed by atoms with Crippen LogP contribution in [-0.2, 0) is 0 Å². The second kappa shape index (κ2) is 8.89. The van der Waals surface area contributed by atoms with Gasteiger partial charge in [0.15, 0.2) is 0 Å². The summed E-state index contributed by atoms with van der Waals surface area (Å²) in [6, 6.07) is 11.9. The number of carbonyl (C=O) groups excluding carboxylic acids is 1. The fourth-order valence-corrected chi connectivity index (χ4v) is 3.21. The first kappa shape index (κ1) is 19.2. The first-order valence-electron chi connectivity index (χ1n) is 9.69. The molecule has 0 aliphatic carbocycles. The fraction of sp³-hybridized carbons (Fsp3) is 0.409. The second-order valence-corrected chi connectivity index (χ2v) is 7.03. The monoisotopic (exact) mass is 370 g/mol. The van der Waals surface area contributed by atoms with Crippen LogP contribution < -0.4 is 15.0 Å². The normalized spacial score (nSPS) is 15.3. The fourth-order valence-electron chi connectivity index (χ4n) is 3.21. The van der Waals surface area contributed by atoms with Crippen LogP contribution in [0.1, 0.15) is 49.9 Å². The molecular weight excluding hydrogens is 343 g/mol. The zero-order valence-corrected chi connectivity index (χ0v) is 16.0. The Kier molecular flexibility index (Phi) is 6.32. The minimum Gasteiger partial charge on any atom is -0.491 e. The maximum absolute atomic E-state index is 14.5. The van der Waals surface area contributed by atoms with Crippen molar-refractivity contribution in [2.24, 2.45) is 0 Å². The number of ether oxygens (including phenoxy) is 1. The van der Waals surface area contributed by atoms with Crippen molar-refractivity contribution in [1.29, 1.82) is 0 Å². The number of hydrogen-bond acceptors (Lipinski definition) is 3. The molecule has 0 radical (unpaired) electrons. The van der Waals surface area contributed by atoms with Crippen LogP contribution in [-0.4, -0.2) is 25.1 Å². The van der Waals surface area contributed by atoms with Crippen molar-refractivity contribution in [3.8, 4) is 5.75 Å². The third-order valence-corrected chi connectivity index (χ3v) is 4.91. The molecule has 5 heteroatoms. The SMILES string of the molecule is CC[C@H](C)Oc1cccc(C(=O)Nc2ccc(N3CCCCC3)c(F)c2)c1. The molecule has 0 bridgehead atoms. The summed E-state index contributed by atoms with van der Waals surface area (Å²) in [5.41, 5.74) is 1.54. The van der Waals surface area contributed by atoms with Crippen LogP contribution in [0.15, 0.2) is 42.5 Å². The van der Waals surface area contributed by atoms with Crippen molar-refractivity contribution < 1.29 is 13.9 Å². The summed E-state index contributed by atoms with van der Waals surface area (Å²) in [5, 5.41) is 2.77. The van der Waals surface area contributed by atoms with Gasteiger partial charge in [-0.3, -0.25) is 4.79 Å². The maximum Gasteiger partial charge on any atom is 0.255 e. The van der Waals surface area contributed by atoms with E-state index in [4.69, 9.17) is 4.74 Å². The maximum atomic E-state index is 14.5. The molecule has 2 aromatic carbocycles. The Hall–Kier alpha value is -2.56. The Morgan fingerprint density at radius 2 is 1.96 bits per heavy atom. The van der Waals surface area contributed by atoms with E-state index in [0.717, 1.165) is 32.4 Å². The molecule has 1 fully saturated rings. The summed E-state index contributed by atoms with van der Waals surface area (Å²) in [5.74, 6) is 0.0712. The van der Waals surface area contributed by atoms with Crippen molar-refractivity contribution in [3.63, 3.8) is 0 Å². The average Bonchev–Trinajstić information content (AvgIpc) is 2.69. The lowest BCUT2D eigenvalue weighted by molar-refractivity contribution is 0.102. The average molecular weight is 370 g/mol. The zero-order valence-electron chi connectivity index (χ0n) is 16.0. The summed E-state index contributed by atoms with van der Waals surface area (Å²) in [4.78, 5) is 14.6. The molecule has 1 amide bonds. The van der Waals surface area contributed by atoms with Gasteiger partial charge in [0.1, 0.15) is 11.6 Å². The van der Waals surface area contributed by atoms with Crippen molar-refractivity contribution in [2.45, 2.75) is 45.6 Å². The molecular formula is C22H27FN2O2. The molecule has 1 aliphatic rings. The molecule has 1 N–H and O–H groups in total. The Labute approximate surface area is 160 Å². The summed E-state index contributed by atoms with van der Waals surface area (Å²) in [7, 11) is 0. The number of amides is 1. The molecule has 4 nitrogen and oxygen atoms in total. The molecule has 3 rings (SSSR count). The van der Waals surface area contributed by atoms with Gasteiger partial charge in [-0.25, -0.2) is 4.39 Å². The van der Waals surface area contributed by atoms with E-state index in [1.165, 1.54) is 12.5 Å². The first-order chi connectivity index (χ1) is 13.1. The van der Waals surface area contributed by atoms with Crippen LogP contribution in [0.2, 0.25) is 0 Å². The zero-order chi connectivity index (χ0) is 19.2. The number of anilines is 2. The molecule has 144 valence electrons. The van der Waals surface area contributed by atoms with Gasteiger partial charge in [-0.15, -0.1) is 0 Å². The van der Waals surface area contributed by atoms with Gasteiger partial charge in [0.05, 0.1) is 11.8 Å². The molecule has 2 aromatic rings. The standard InChI is InChI=1S/C22H27FN2O2/c1-3-16(2)27-19-9-7-8-17(14-19)22(26)24-18-10-11-21(20(23)15-18)25-12-5-4-6-13-25/h7-11,14-16H,3-6,12-13H2,1-2H3,(H,24,26)/t16-/m0/s1. The minimum atomic E-state index is -0.302. The smallest absolute Gasteiger partial charge is 0.255 e. The van der Waals surface area contributed by atoms with E-state index in [1.54, 1.807) is 30.3 Å². The van der Waals surface area contributed by atoms with Gasteiger partial charge in [-0.1, -0.05) is 13.0 Å². The summed E-state index contributed by atoms with van der Waals surface area (Å²) in [6.45, 7) is 5.79. The number of rotatable bonds is 6. The summed E-state index contributed by atoms with van der Waals surface area (Å²) < 4.78 is 20.3. The predicted molar refractivity (Wildman–Crippen MR) is 107 cm³/mol. The number of carbonyl (C=O) groups is 1. The number of nitrogens with zero attached hydrogens (tertiary/aromatic N) is 1. The largest absolute Gasteiger partial charge is 0.491 e. The molecule has 1 atom stereocenters. The van der Waals surface area contributed by atoms with Gasteiger partial charge in [-0.2, -0.15) is 0 Å². The van der Waals surface area contributed by atoms with Crippen LogP contribution in [0.4, 0.5) is 15.8 Å². The highest BCUT2D eigenvalue weighted by Crippen LogP contribution is 2.26. The Morgan fingerprint density at radius 3 is 2.67 bits per heavy atom. The van der Waals surface area contributed by atoms with Crippen LogP contribution in [0.25, 0.3) is 0 Å². The third kappa shape index (κ3) is 5.00. The third-order valence-electron chi connectivity index (χ3n) is 4.91. The number of halogens is 1.